The Morgan fingerprint density at radius 2 is 2.38 bits per heavy atom. The fourth-order valence-corrected chi connectivity index (χ4v) is 1.39. The van der Waals surface area contributed by atoms with Gasteiger partial charge in [-0.15, -0.1) is 0 Å². The number of aromatic nitrogens is 2. The maximum absolute atomic E-state index is 13.0. The maximum atomic E-state index is 13.0. The molecule has 4 nitrogen and oxygen atoms in total. The van der Waals surface area contributed by atoms with E-state index in [-0.39, 0.29) is 5.82 Å². The first kappa shape index (κ1) is 10.5. The standard InChI is InChI=1S/C11H12FN3O/c1-16-10-3-2-8(12)6-9(10)15-7-11-13-4-5-14-11/h2-6,15H,7H2,1H3,(H,13,14). The highest BCUT2D eigenvalue weighted by molar-refractivity contribution is 5.56. The van der Waals surface area contributed by atoms with Gasteiger partial charge in [0.25, 0.3) is 0 Å². The number of aromatic amines is 1. The highest BCUT2D eigenvalue weighted by atomic mass is 19.1. The molecule has 0 bridgehead atoms. The minimum atomic E-state index is -0.303. The number of methoxy groups -OCH3 is 1. The summed E-state index contributed by atoms with van der Waals surface area (Å²) in [7, 11) is 1.55. The van der Waals surface area contributed by atoms with Crippen LogP contribution >= 0.6 is 0 Å². The van der Waals surface area contributed by atoms with Crippen LogP contribution in [0.2, 0.25) is 0 Å². The molecular formula is C11H12FN3O. The SMILES string of the molecule is COc1ccc(F)cc1NCc1ncc[nH]1. The molecule has 0 aliphatic carbocycles. The number of nitrogens with one attached hydrogen (secondary N) is 2. The molecule has 0 amide bonds. The van der Waals surface area contributed by atoms with Gasteiger partial charge in [0.1, 0.15) is 17.4 Å². The third-order valence-electron chi connectivity index (χ3n) is 2.16. The molecule has 5 heteroatoms. The van der Waals surface area contributed by atoms with E-state index in [4.69, 9.17) is 4.74 Å². The highest BCUT2D eigenvalue weighted by Crippen LogP contribution is 2.24. The number of H-pyrrole nitrogens is 1. The lowest BCUT2D eigenvalue weighted by molar-refractivity contribution is 0.415. The van der Waals surface area contributed by atoms with Crippen LogP contribution in [0.3, 0.4) is 0 Å². The van der Waals surface area contributed by atoms with Crippen LogP contribution in [0.15, 0.2) is 30.6 Å². The predicted octanol–water partition coefficient (Wildman–Crippen LogP) is 2.17. The van der Waals surface area contributed by atoms with Crippen molar-refractivity contribution in [3.05, 3.63) is 42.2 Å². The number of rotatable bonds is 4. The Morgan fingerprint density at radius 1 is 1.50 bits per heavy atom. The predicted molar refractivity (Wildman–Crippen MR) is 58.9 cm³/mol. The van der Waals surface area contributed by atoms with E-state index in [1.54, 1.807) is 25.6 Å². The number of hydrogen-bond donors (Lipinski definition) is 2. The largest absolute Gasteiger partial charge is 0.495 e. The molecule has 84 valence electrons. The molecule has 0 radical (unpaired) electrons. The molecule has 1 aromatic carbocycles. The molecule has 0 fully saturated rings. The van der Waals surface area contributed by atoms with Gasteiger partial charge in [-0.1, -0.05) is 0 Å². The Labute approximate surface area is 92.5 Å². The van der Waals surface area contributed by atoms with Crippen LogP contribution in [-0.4, -0.2) is 17.1 Å². The molecule has 0 atom stereocenters. The molecule has 2 N–H and O–H groups in total. The number of halogens is 1. The topological polar surface area (TPSA) is 49.9 Å². The zero-order chi connectivity index (χ0) is 11.4. The molecule has 2 rings (SSSR count). The molecular weight excluding hydrogens is 209 g/mol. The van der Waals surface area contributed by atoms with Crippen LogP contribution in [0.5, 0.6) is 5.75 Å². The van der Waals surface area contributed by atoms with Crippen molar-refractivity contribution in [1.82, 2.24) is 9.97 Å². The van der Waals surface area contributed by atoms with E-state index >= 15 is 0 Å². The summed E-state index contributed by atoms with van der Waals surface area (Å²) in [5.74, 6) is 1.09. The van der Waals surface area contributed by atoms with Gasteiger partial charge in [-0.3, -0.25) is 0 Å². The summed E-state index contributed by atoms with van der Waals surface area (Å²) in [6.07, 6.45) is 3.40. The average Bonchev–Trinajstić information content (AvgIpc) is 2.79. The zero-order valence-electron chi connectivity index (χ0n) is 8.83. The first-order chi connectivity index (χ1) is 7.79. The summed E-state index contributed by atoms with van der Waals surface area (Å²) >= 11 is 0. The smallest absolute Gasteiger partial charge is 0.142 e. The van der Waals surface area contributed by atoms with Gasteiger partial charge in [0.2, 0.25) is 0 Å². The summed E-state index contributed by atoms with van der Waals surface area (Å²) < 4.78 is 18.1. The van der Waals surface area contributed by atoms with E-state index in [1.807, 2.05) is 0 Å². The fourth-order valence-electron chi connectivity index (χ4n) is 1.39. The van der Waals surface area contributed by atoms with Crippen LogP contribution in [0.25, 0.3) is 0 Å². The van der Waals surface area contributed by atoms with Gasteiger partial charge >= 0.3 is 0 Å². The lowest BCUT2D eigenvalue weighted by atomic mass is 10.3. The third-order valence-corrected chi connectivity index (χ3v) is 2.16. The molecule has 1 heterocycles. The molecule has 0 saturated carbocycles. The van der Waals surface area contributed by atoms with Crippen molar-refractivity contribution in [2.45, 2.75) is 6.54 Å². The van der Waals surface area contributed by atoms with Crippen molar-refractivity contribution >= 4 is 5.69 Å². The Hall–Kier alpha value is -2.04. The summed E-state index contributed by atoms with van der Waals surface area (Å²) in [6.45, 7) is 0.493. The first-order valence-corrected chi connectivity index (χ1v) is 4.85. The van der Waals surface area contributed by atoms with Gasteiger partial charge in [-0.05, 0) is 12.1 Å². The minimum Gasteiger partial charge on any atom is -0.495 e. The Bertz CT molecular complexity index is 456. The molecule has 16 heavy (non-hydrogen) atoms. The second-order valence-electron chi connectivity index (χ2n) is 3.23. The minimum absolute atomic E-state index is 0.303. The summed E-state index contributed by atoms with van der Waals surface area (Å²) in [6, 6.07) is 4.33. The van der Waals surface area contributed by atoms with Crippen LogP contribution in [0, 0.1) is 5.82 Å². The quantitative estimate of drug-likeness (QED) is 0.831. The molecule has 2 aromatic rings. The van der Waals surface area contributed by atoms with Crippen molar-refractivity contribution in [2.24, 2.45) is 0 Å². The van der Waals surface area contributed by atoms with Crippen molar-refractivity contribution < 1.29 is 9.13 Å². The summed E-state index contributed by atoms with van der Waals surface area (Å²) in [4.78, 5) is 7.01. The van der Waals surface area contributed by atoms with E-state index < -0.39 is 0 Å². The van der Waals surface area contributed by atoms with Crippen molar-refractivity contribution in [2.75, 3.05) is 12.4 Å². The zero-order valence-corrected chi connectivity index (χ0v) is 8.83. The molecule has 0 aliphatic heterocycles. The number of nitrogens with zero attached hydrogens (tertiary/aromatic N) is 1. The molecule has 1 aromatic heterocycles. The number of benzene rings is 1. The van der Waals surface area contributed by atoms with E-state index in [2.05, 4.69) is 15.3 Å². The van der Waals surface area contributed by atoms with E-state index in [0.29, 0.717) is 18.0 Å². The van der Waals surface area contributed by atoms with Crippen molar-refractivity contribution in [1.29, 1.82) is 0 Å². The molecule has 0 saturated heterocycles. The van der Waals surface area contributed by atoms with Gasteiger partial charge in [0.05, 0.1) is 19.3 Å². The van der Waals surface area contributed by atoms with E-state index in [0.717, 1.165) is 5.82 Å². The van der Waals surface area contributed by atoms with E-state index in [9.17, 15) is 4.39 Å². The van der Waals surface area contributed by atoms with Crippen LogP contribution < -0.4 is 10.1 Å². The van der Waals surface area contributed by atoms with Gasteiger partial charge < -0.3 is 15.0 Å². The fraction of sp³-hybridized carbons (Fsp3) is 0.182. The monoisotopic (exact) mass is 221 g/mol. The maximum Gasteiger partial charge on any atom is 0.142 e. The Kier molecular flexibility index (Phi) is 3.05. The first-order valence-electron chi connectivity index (χ1n) is 4.85. The lowest BCUT2D eigenvalue weighted by Crippen LogP contribution is -2.03. The highest BCUT2D eigenvalue weighted by Gasteiger charge is 2.04. The van der Waals surface area contributed by atoms with E-state index in [1.165, 1.54) is 12.1 Å². The summed E-state index contributed by atoms with van der Waals surface area (Å²) in [5, 5.41) is 3.05. The number of ether oxygens (including phenoxy) is 1. The second kappa shape index (κ2) is 4.65. The van der Waals surface area contributed by atoms with Gasteiger partial charge in [0.15, 0.2) is 0 Å². The number of hydrogen-bond acceptors (Lipinski definition) is 3. The normalized spacial score (nSPS) is 10.1. The van der Waals surface area contributed by atoms with Crippen LogP contribution in [0.1, 0.15) is 5.82 Å². The number of imidazole rings is 1. The van der Waals surface area contributed by atoms with Crippen LogP contribution in [0.4, 0.5) is 10.1 Å². The molecule has 0 aliphatic rings. The van der Waals surface area contributed by atoms with Crippen molar-refractivity contribution in [3.8, 4) is 5.75 Å². The second-order valence-corrected chi connectivity index (χ2v) is 3.23. The van der Waals surface area contributed by atoms with Gasteiger partial charge in [0, 0.05) is 18.5 Å². The Balaban J connectivity index is 2.11. The van der Waals surface area contributed by atoms with Crippen molar-refractivity contribution in [3.63, 3.8) is 0 Å². The Morgan fingerprint density at radius 3 is 3.06 bits per heavy atom. The molecule has 0 spiro atoms. The van der Waals surface area contributed by atoms with Gasteiger partial charge in [-0.2, -0.15) is 0 Å². The lowest BCUT2D eigenvalue weighted by Gasteiger charge is -2.09. The average molecular weight is 221 g/mol. The summed E-state index contributed by atoms with van der Waals surface area (Å²) in [5.41, 5.74) is 0.610. The molecule has 0 unspecified atom stereocenters. The number of anilines is 1. The van der Waals surface area contributed by atoms with Crippen LogP contribution in [-0.2, 0) is 6.54 Å². The van der Waals surface area contributed by atoms with Gasteiger partial charge in [-0.25, -0.2) is 9.37 Å². The third kappa shape index (κ3) is 2.31.